The fourth-order valence-corrected chi connectivity index (χ4v) is 3.76. The van der Waals surface area contributed by atoms with Crippen LogP contribution in [0, 0.1) is 0 Å². The van der Waals surface area contributed by atoms with Crippen LogP contribution in [-0.4, -0.2) is 30.0 Å². The topological polar surface area (TPSA) is 38.8 Å². The first-order valence-corrected chi connectivity index (χ1v) is 10.0. The van der Waals surface area contributed by atoms with Crippen molar-refractivity contribution in [2.45, 2.75) is 46.4 Å². The first kappa shape index (κ1) is 20.7. The molecule has 0 radical (unpaired) electrons. The van der Waals surface area contributed by atoms with E-state index in [4.69, 9.17) is 9.47 Å². The lowest BCUT2D eigenvalue weighted by Crippen LogP contribution is -2.42. The standard InChI is InChI=1S/C25H29NO3/c1-17(2)26(18(3)4)25(27)24-22(29-16-19-10-7-6-8-11-19)15-14-20-12-9-13-21(28-5)23(20)24/h6-15,17-18H,16H2,1-5H3. The number of nitrogens with zero attached hydrogens (tertiary/aromatic N) is 1. The highest BCUT2D eigenvalue weighted by Crippen LogP contribution is 2.36. The molecule has 29 heavy (non-hydrogen) atoms. The van der Waals surface area contributed by atoms with Crippen LogP contribution in [0.5, 0.6) is 11.5 Å². The highest BCUT2D eigenvalue weighted by Gasteiger charge is 2.27. The summed E-state index contributed by atoms with van der Waals surface area (Å²) in [5.41, 5.74) is 1.61. The van der Waals surface area contributed by atoms with Crippen LogP contribution in [0.15, 0.2) is 60.7 Å². The van der Waals surface area contributed by atoms with Crippen LogP contribution >= 0.6 is 0 Å². The van der Waals surface area contributed by atoms with Gasteiger partial charge in [-0.05, 0) is 50.8 Å². The predicted molar refractivity (Wildman–Crippen MR) is 118 cm³/mol. The van der Waals surface area contributed by atoms with E-state index in [0.29, 0.717) is 23.7 Å². The molecule has 0 aliphatic rings. The highest BCUT2D eigenvalue weighted by atomic mass is 16.5. The number of benzene rings is 3. The van der Waals surface area contributed by atoms with E-state index in [1.165, 1.54) is 0 Å². The summed E-state index contributed by atoms with van der Waals surface area (Å²) in [7, 11) is 1.63. The molecule has 0 aliphatic carbocycles. The Kier molecular flexibility index (Phi) is 6.42. The molecule has 4 heteroatoms. The first-order chi connectivity index (χ1) is 13.9. The van der Waals surface area contributed by atoms with Crippen LogP contribution in [0.3, 0.4) is 0 Å². The monoisotopic (exact) mass is 391 g/mol. The molecule has 0 bridgehead atoms. The van der Waals surface area contributed by atoms with Gasteiger partial charge in [0, 0.05) is 17.5 Å². The number of rotatable bonds is 7. The maximum Gasteiger partial charge on any atom is 0.258 e. The van der Waals surface area contributed by atoms with Crippen molar-refractivity contribution in [2.75, 3.05) is 7.11 Å². The zero-order chi connectivity index (χ0) is 21.0. The largest absolute Gasteiger partial charge is 0.496 e. The summed E-state index contributed by atoms with van der Waals surface area (Å²) in [5, 5.41) is 1.74. The summed E-state index contributed by atoms with van der Waals surface area (Å²) in [6.07, 6.45) is 0. The second-order valence-corrected chi connectivity index (χ2v) is 7.67. The van der Waals surface area contributed by atoms with Gasteiger partial charge < -0.3 is 14.4 Å². The zero-order valence-corrected chi connectivity index (χ0v) is 17.8. The van der Waals surface area contributed by atoms with Crippen LogP contribution in [0.2, 0.25) is 0 Å². The fourth-order valence-electron chi connectivity index (χ4n) is 3.76. The molecule has 0 fully saturated rings. The molecule has 4 nitrogen and oxygen atoms in total. The van der Waals surface area contributed by atoms with Gasteiger partial charge in [0.25, 0.3) is 5.91 Å². The third-order valence-electron chi connectivity index (χ3n) is 4.99. The first-order valence-electron chi connectivity index (χ1n) is 10.0. The number of hydrogen-bond acceptors (Lipinski definition) is 3. The molecule has 0 saturated carbocycles. The van der Waals surface area contributed by atoms with E-state index in [1.807, 2.05) is 93.3 Å². The Hall–Kier alpha value is -3.01. The van der Waals surface area contributed by atoms with Gasteiger partial charge in [-0.2, -0.15) is 0 Å². The minimum atomic E-state index is -0.0480. The molecular formula is C25H29NO3. The Bertz CT molecular complexity index is 972. The maximum absolute atomic E-state index is 13.7. The molecule has 0 spiro atoms. The molecule has 0 saturated heterocycles. The van der Waals surface area contributed by atoms with Crippen molar-refractivity contribution in [1.29, 1.82) is 0 Å². The number of carbonyl (C=O) groups excluding carboxylic acids is 1. The van der Waals surface area contributed by atoms with E-state index in [1.54, 1.807) is 7.11 Å². The van der Waals surface area contributed by atoms with Crippen molar-refractivity contribution in [3.63, 3.8) is 0 Å². The molecule has 1 amide bonds. The maximum atomic E-state index is 13.7. The van der Waals surface area contributed by atoms with Gasteiger partial charge in [0.05, 0.1) is 12.7 Å². The Labute approximate surface area is 173 Å². The number of ether oxygens (including phenoxy) is 2. The minimum Gasteiger partial charge on any atom is -0.496 e. The van der Waals surface area contributed by atoms with E-state index in [9.17, 15) is 4.79 Å². The van der Waals surface area contributed by atoms with Gasteiger partial charge in [0.2, 0.25) is 0 Å². The fraction of sp³-hybridized carbons (Fsp3) is 0.320. The van der Waals surface area contributed by atoms with Crippen LogP contribution in [0.1, 0.15) is 43.6 Å². The van der Waals surface area contributed by atoms with E-state index in [-0.39, 0.29) is 18.0 Å². The summed E-state index contributed by atoms with van der Waals surface area (Å²) < 4.78 is 11.8. The molecule has 0 aromatic heterocycles. The van der Waals surface area contributed by atoms with Gasteiger partial charge in [-0.25, -0.2) is 0 Å². The second-order valence-electron chi connectivity index (χ2n) is 7.67. The van der Waals surface area contributed by atoms with Gasteiger partial charge in [0.1, 0.15) is 18.1 Å². The average Bonchev–Trinajstić information content (AvgIpc) is 2.71. The van der Waals surface area contributed by atoms with Crippen molar-refractivity contribution >= 4 is 16.7 Å². The van der Waals surface area contributed by atoms with E-state index >= 15 is 0 Å². The average molecular weight is 392 g/mol. The number of methoxy groups -OCH3 is 1. The van der Waals surface area contributed by atoms with Crippen LogP contribution in [0.25, 0.3) is 10.8 Å². The summed E-state index contributed by atoms with van der Waals surface area (Å²) in [6.45, 7) is 8.52. The Morgan fingerprint density at radius 2 is 1.55 bits per heavy atom. The minimum absolute atomic E-state index is 0.0480. The van der Waals surface area contributed by atoms with Crippen molar-refractivity contribution in [2.24, 2.45) is 0 Å². The Morgan fingerprint density at radius 1 is 0.862 bits per heavy atom. The Balaban J connectivity index is 2.15. The molecule has 3 aromatic carbocycles. The van der Waals surface area contributed by atoms with Crippen molar-refractivity contribution < 1.29 is 14.3 Å². The molecule has 152 valence electrons. The van der Waals surface area contributed by atoms with Crippen molar-refractivity contribution in [3.8, 4) is 11.5 Å². The van der Waals surface area contributed by atoms with Crippen molar-refractivity contribution in [3.05, 3.63) is 71.8 Å². The molecule has 0 unspecified atom stereocenters. The molecule has 0 atom stereocenters. The molecule has 3 aromatic rings. The van der Waals surface area contributed by atoms with E-state index < -0.39 is 0 Å². The molecule has 3 rings (SSSR count). The predicted octanol–water partition coefficient (Wildman–Crippen LogP) is 5.69. The highest BCUT2D eigenvalue weighted by molar-refractivity contribution is 6.11. The second kappa shape index (κ2) is 8.99. The van der Waals surface area contributed by atoms with E-state index in [0.717, 1.165) is 16.3 Å². The van der Waals surface area contributed by atoms with E-state index in [2.05, 4.69) is 0 Å². The third kappa shape index (κ3) is 4.37. The number of fused-ring (bicyclic) bond motifs is 1. The van der Waals surface area contributed by atoms with Crippen LogP contribution < -0.4 is 9.47 Å². The number of hydrogen-bond donors (Lipinski definition) is 0. The lowest BCUT2D eigenvalue weighted by atomic mass is 10.00. The summed E-state index contributed by atoms with van der Waals surface area (Å²) in [5.74, 6) is 1.19. The SMILES string of the molecule is COc1cccc2ccc(OCc3ccccc3)c(C(=O)N(C(C)C)C(C)C)c12. The van der Waals surface area contributed by atoms with Gasteiger partial charge >= 0.3 is 0 Å². The number of carbonyl (C=O) groups is 1. The van der Waals surface area contributed by atoms with Gasteiger partial charge in [-0.15, -0.1) is 0 Å². The lowest BCUT2D eigenvalue weighted by molar-refractivity contribution is 0.0641. The summed E-state index contributed by atoms with van der Waals surface area (Å²) in [4.78, 5) is 15.6. The van der Waals surface area contributed by atoms with Crippen LogP contribution in [0.4, 0.5) is 0 Å². The van der Waals surface area contributed by atoms with Gasteiger partial charge in [-0.1, -0.05) is 48.5 Å². The molecule has 0 aliphatic heterocycles. The molecule has 0 heterocycles. The zero-order valence-electron chi connectivity index (χ0n) is 17.8. The quantitative estimate of drug-likeness (QED) is 0.520. The molecule has 0 N–H and O–H groups in total. The lowest BCUT2D eigenvalue weighted by Gasteiger charge is -2.32. The van der Waals surface area contributed by atoms with Gasteiger partial charge in [-0.3, -0.25) is 4.79 Å². The molecular weight excluding hydrogens is 362 g/mol. The Morgan fingerprint density at radius 3 is 2.17 bits per heavy atom. The van der Waals surface area contributed by atoms with Crippen LogP contribution in [-0.2, 0) is 6.61 Å². The van der Waals surface area contributed by atoms with Gasteiger partial charge in [0.15, 0.2) is 0 Å². The number of amides is 1. The third-order valence-corrected chi connectivity index (χ3v) is 4.99. The summed E-state index contributed by atoms with van der Waals surface area (Å²) in [6, 6.07) is 19.8. The smallest absolute Gasteiger partial charge is 0.258 e. The summed E-state index contributed by atoms with van der Waals surface area (Å²) >= 11 is 0. The normalized spacial score (nSPS) is 11.1. The van der Waals surface area contributed by atoms with Crippen molar-refractivity contribution in [1.82, 2.24) is 4.90 Å².